The molecule has 3 heterocycles. The predicted octanol–water partition coefficient (Wildman–Crippen LogP) is 6.57. The van der Waals surface area contributed by atoms with E-state index in [1.807, 2.05) is 41.3 Å². The maximum absolute atomic E-state index is 15.0. The lowest BCUT2D eigenvalue weighted by Crippen LogP contribution is -2.30. The molecule has 0 aliphatic carbocycles. The number of nitrogens with zero attached hydrogens (tertiary/aromatic N) is 3. The van der Waals surface area contributed by atoms with Gasteiger partial charge in [-0.1, -0.05) is 40.2 Å². The highest BCUT2D eigenvalue weighted by Gasteiger charge is 2.43. The van der Waals surface area contributed by atoms with Crippen LogP contribution in [0, 0.1) is 19.7 Å². The number of halogens is 2. The fourth-order valence-electron chi connectivity index (χ4n) is 4.68. The minimum atomic E-state index is -0.311. The summed E-state index contributed by atoms with van der Waals surface area (Å²) in [4.78, 5) is 6.48. The molecule has 0 amide bonds. The summed E-state index contributed by atoms with van der Waals surface area (Å²) in [5.74, 6) is -0.311. The third-order valence-corrected chi connectivity index (χ3v) is 6.87. The van der Waals surface area contributed by atoms with E-state index < -0.39 is 0 Å². The van der Waals surface area contributed by atoms with Crippen molar-refractivity contribution in [1.29, 1.82) is 0 Å². The summed E-state index contributed by atoms with van der Waals surface area (Å²) in [6.07, 6.45) is 1.77. The predicted molar refractivity (Wildman–Crippen MR) is 137 cm³/mol. The molecule has 1 N–H and O–H groups in total. The van der Waals surface area contributed by atoms with Crippen LogP contribution in [0.5, 0.6) is 0 Å². The molecule has 0 radical (unpaired) electrons. The van der Waals surface area contributed by atoms with Crippen molar-refractivity contribution >= 4 is 38.9 Å². The number of para-hydroxylation sites is 1. The van der Waals surface area contributed by atoms with Gasteiger partial charge in [0.05, 0.1) is 23.5 Å². The molecule has 166 valence electrons. The molecule has 2 aromatic heterocycles. The van der Waals surface area contributed by atoms with Crippen LogP contribution in [0.25, 0.3) is 5.69 Å². The number of thiocarbonyl (C=S) groups is 1. The SMILES string of the molecule is Cc1cc([C@@H]2[C@H](c3ccccn3)NC(=S)N2c2ccccc2F)c(C)n1-c1cccc(Br)c1. The first-order valence-corrected chi connectivity index (χ1v) is 11.9. The summed E-state index contributed by atoms with van der Waals surface area (Å²) < 4.78 is 18.2. The van der Waals surface area contributed by atoms with Gasteiger partial charge in [0, 0.05) is 27.7 Å². The molecular formula is C26H22BrFN4S. The van der Waals surface area contributed by atoms with E-state index in [1.165, 1.54) is 6.07 Å². The number of aryl methyl sites for hydroxylation is 1. The maximum Gasteiger partial charge on any atom is 0.174 e. The molecule has 1 aliphatic heterocycles. The Kier molecular flexibility index (Phi) is 5.76. The molecule has 7 heteroatoms. The standard InChI is InChI=1S/C26H22BrFN4S/c1-16-14-20(17(2)31(16)19-9-7-8-18(27)15-19)25-24(22-11-5-6-13-29-22)30-26(33)32(25)23-12-4-3-10-21(23)28/h3-15,24-25H,1-2H3,(H,30,33)/t24-,25+/m0/s1. The van der Waals surface area contributed by atoms with Gasteiger partial charge >= 0.3 is 0 Å². The Balaban J connectivity index is 1.70. The van der Waals surface area contributed by atoms with E-state index in [9.17, 15) is 4.39 Å². The van der Waals surface area contributed by atoms with Crippen LogP contribution in [-0.2, 0) is 0 Å². The van der Waals surface area contributed by atoms with Crippen LogP contribution in [0.2, 0.25) is 0 Å². The third-order valence-electron chi connectivity index (χ3n) is 6.07. The second kappa shape index (κ2) is 8.72. The molecule has 4 aromatic rings. The summed E-state index contributed by atoms with van der Waals surface area (Å²) in [7, 11) is 0. The number of aromatic nitrogens is 2. The average Bonchev–Trinajstić information content (AvgIpc) is 3.30. The Morgan fingerprint density at radius 3 is 2.52 bits per heavy atom. The fourth-order valence-corrected chi connectivity index (χ4v) is 5.40. The van der Waals surface area contributed by atoms with Gasteiger partial charge in [-0.15, -0.1) is 0 Å². The summed E-state index contributed by atoms with van der Waals surface area (Å²) >= 11 is 9.32. The van der Waals surface area contributed by atoms with Crippen LogP contribution in [0.4, 0.5) is 10.1 Å². The normalized spacial score (nSPS) is 17.9. The van der Waals surface area contributed by atoms with Crippen LogP contribution in [0.1, 0.15) is 34.7 Å². The molecule has 2 aromatic carbocycles. The van der Waals surface area contributed by atoms with Gasteiger partial charge in [0.15, 0.2) is 5.11 Å². The molecule has 4 nitrogen and oxygen atoms in total. The van der Waals surface area contributed by atoms with Gasteiger partial charge in [-0.05, 0) is 80.2 Å². The average molecular weight is 521 g/mol. The van der Waals surface area contributed by atoms with Gasteiger partial charge < -0.3 is 14.8 Å². The van der Waals surface area contributed by atoms with Crippen LogP contribution in [-0.4, -0.2) is 14.7 Å². The first-order valence-electron chi connectivity index (χ1n) is 10.7. The second-order valence-corrected chi connectivity index (χ2v) is 9.39. The van der Waals surface area contributed by atoms with E-state index in [-0.39, 0.29) is 17.9 Å². The highest BCUT2D eigenvalue weighted by Crippen LogP contribution is 2.44. The van der Waals surface area contributed by atoms with Crippen LogP contribution < -0.4 is 10.2 Å². The smallest absolute Gasteiger partial charge is 0.174 e. The number of benzene rings is 2. The highest BCUT2D eigenvalue weighted by atomic mass is 79.9. The molecule has 33 heavy (non-hydrogen) atoms. The Bertz CT molecular complexity index is 1340. The summed E-state index contributed by atoms with van der Waals surface area (Å²) in [6, 6.07) is 22.5. The molecule has 5 rings (SSSR count). The van der Waals surface area contributed by atoms with Crippen molar-refractivity contribution in [2.75, 3.05) is 4.90 Å². The van der Waals surface area contributed by atoms with Crippen LogP contribution >= 0.6 is 28.1 Å². The number of nitrogens with one attached hydrogen (secondary N) is 1. The zero-order valence-corrected chi connectivity index (χ0v) is 20.6. The van der Waals surface area contributed by atoms with Crippen molar-refractivity contribution < 1.29 is 4.39 Å². The van der Waals surface area contributed by atoms with E-state index in [1.54, 1.807) is 18.3 Å². The monoisotopic (exact) mass is 520 g/mol. The largest absolute Gasteiger partial charge is 0.351 e. The summed E-state index contributed by atoms with van der Waals surface area (Å²) in [6.45, 7) is 4.18. The lowest BCUT2D eigenvalue weighted by molar-refractivity contribution is 0.556. The van der Waals surface area contributed by atoms with Gasteiger partial charge in [0.25, 0.3) is 0 Å². The second-order valence-electron chi connectivity index (χ2n) is 8.09. The van der Waals surface area contributed by atoms with Gasteiger partial charge in [-0.25, -0.2) is 4.39 Å². The molecule has 0 spiro atoms. The molecule has 0 bridgehead atoms. The molecule has 0 unspecified atom stereocenters. The molecule has 1 saturated heterocycles. The zero-order valence-electron chi connectivity index (χ0n) is 18.2. The van der Waals surface area contributed by atoms with Gasteiger partial charge in [-0.3, -0.25) is 4.98 Å². The van der Waals surface area contributed by atoms with Gasteiger partial charge in [-0.2, -0.15) is 0 Å². The minimum absolute atomic E-state index is 0.227. The number of hydrogen-bond donors (Lipinski definition) is 1. The van der Waals surface area contributed by atoms with Gasteiger partial charge in [0.2, 0.25) is 0 Å². The topological polar surface area (TPSA) is 33.1 Å². The first kappa shape index (κ1) is 21.8. The van der Waals surface area contributed by atoms with Crippen LogP contribution in [0.15, 0.2) is 83.5 Å². The lowest BCUT2D eigenvalue weighted by atomic mass is 9.96. The lowest BCUT2D eigenvalue weighted by Gasteiger charge is -2.28. The van der Waals surface area contributed by atoms with Crippen molar-refractivity contribution in [3.05, 3.63) is 112 Å². The molecular weight excluding hydrogens is 499 g/mol. The van der Waals surface area contributed by atoms with Gasteiger partial charge in [0.1, 0.15) is 5.82 Å². The Morgan fingerprint density at radius 1 is 1.00 bits per heavy atom. The third kappa shape index (κ3) is 3.85. The van der Waals surface area contributed by atoms with Crippen LogP contribution in [0.3, 0.4) is 0 Å². The number of rotatable bonds is 4. The first-order chi connectivity index (χ1) is 16.0. The van der Waals surface area contributed by atoms with E-state index in [0.29, 0.717) is 10.8 Å². The number of hydrogen-bond acceptors (Lipinski definition) is 2. The quantitative estimate of drug-likeness (QED) is 0.308. The molecule has 1 fully saturated rings. The van der Waals surface area contributed by atoms with Crippen molar-refractivity contribution in [3.8, 4) is 5.69 Å². The van der Waals surface area contributed by atoms with Crippen molar-refractivity contribution in [2.24, 2.45) is 0 Å². The molecule has 2 atom stereocenters. The fraction of sp³-hybridized carbons (Fsp3) is 0.154. The minimum Gasteiger partial charge on any atom is -0.351 e. The Morgan fingerprint density at radius 2 is 1.79 bits per heavy atom. The van der Waals surface area contributed by atoms with E-state index >= 15 is 0 Å². The Labute approximate surface area is 206 Å². The maximum atomic E-state index is 15.0. The Hall–Kier alpha value is -3.03. The summed E-state index contributed by atoms with van der Waals surface area (Å²) in [5.41, 5.74) is 5.60. The number of pyridine rings is 1. The number of anilines is 1. The van der Waals surface area contributed by atoms with Crippen molar-refractivity contribution in [1.82, 2.24) is 14.9 Å². The van der Waals surface area contributed by atoms with E-state index in [4.69, 9.17) is 12.2 Å². The van der Waals surface area contributed by atoms with Crippen molar-refractivity contribution in [3.63, 3.8) is 0 Å². The zero-order chi connectivity index (χ0) is 23.1. The van der Waals surface area contributed by atoms with E-state index in [2.05, 4.69) is 62.8 Å². The molecule has 0 saturated carbocycles. The highest BCUT2D eigenvalue weighted by molar-refractivity contribution is 9.10. The molecule has 1 aliphatic rings. The van der Waals surface area contributed by atoms with E-state index in [0.717, 1.165) is 32.8 Å². The van der Waals surface area contributed by atoms with Crippen molar-refractivity contribution in [2.45, 2.75) is 25.9 Å². The summed E-state index contributed by atoms with van der Waals surface area (Å²) in [5, 5.41) is 3.89.